The Labute approximate surface area is 98.7 Å². The quantitative estimate of drug-likeness (QED) is 0.743. The molecule has 0 spiro atoms. The fourth-order valence-electron chi connectivity index (χ4n) is 1.64. The third-order valence-electron chi connectivity index (χ3n) is 2.84. The van der Waals surface area contributed by atoms with Gasteiger partial charge in [-0.05, 0) is 29.7 Å². The fraction of sp³-hybridized carbons (Fsp3) is 0.308. The van der Waals surface area contributed by atoms with E-state index in [2.05, 4.69) is 59.0 Å². The van der Waals surface area contributed by atoms with Gasteiger partial charge in [-0.15, -0.1) is 0 Å². The first-order chi connectivity index (χ1) is 7.18. The molecule has 0 amide bonds. The van der Waals surface area contributed by atoms with Crippen LogP contribution in [-0.4, -0.2) is 9.81 Å². The first kappa shape index (κ1) is 10.6. The molecular formula is C13H14BrN. The van der Waals surface area contributed by atoms with Gasteiger partial charge in [0.15, 0.2) is 0 Å². The van der Waals surface area contributed by atoms with Gasteiger partial charge < -0.3 is 0 Å². The standard InChI is InChI=1S/C13H14BrN/c1-9(10(2)14)11-5-6-13-12(8-11)4-3-7-15-13/h3-10H,1-2H3. The van der Waals surface area contributed by atoms with Crippen LogP contribution in [0.25, 0.3) is 10.9 Å². The SMILES string of the molecule is CC(Br)C(C)c1ccc2ncccc2c1. The summed E-state index contributed by atoms with van der Waals surface area (Å²) < 4.78 is 0. The summed E-state index contributed by atoms with van der Waals surface area (Å²) in [4.78, 5) is 4.81. The normalized spacial score (nSPS) is 15.1. The van der Waals surface area contributed by atoms with Crippen LogP contribution in [0.5, 0.6) is 0 Å². The number of halogens is 1. The Kier molecular flexibility index (Phi) is 3.06. The lowest BCUT2D eigenvalue weighted by Crippen LogP contribution is -2.04. The number of rotatable bonds is 2. The van der Waals surface area contributed by atoms with E-state index in [9.17, 15) is 0 Å². The Morgan fingerprint density at radius 1 is 1.20 bits per heavy atom. The van der Waals surface area contributed by atoms with Crippen molar-refractivity contribution in [2.45, 2.75) is 24.6 Å². The lowest BCUT2D eigenvalue weighted by Gasteiger charge is -2.14. The second-order valence-corrected chi connectivity index (χ2v) is 5.37. The van der Waals surface area contributed by atoms with Crippen molar-refractivity contribution < 1.29 is 0 Å². The predicted octanol–water partition coefficient (Wildman–Crippen LogP) is 4.12. The summed E-state index contributed by atoms with van der Waals surface area (Å²) in [5.41, 5.74) is 2.43. The molecule has 0 saturated carbocycles. The van der Waals surface area contributed by atoms with E-state index >= 15 is 0 Å². The van der Waals surface area contributed by atoms with Crippen LogP contribution in [0.15, 0.2) is 36.5 Å². The molecule has 1 nitrogen and oxygen atoms in total. The molecule has 0 fully saturated rings. The van der Waals surface area contributed by atoms with E-state index in [1.54, 1.807) is 0 Å². The molecule has 0 radical (unpaired) electrons. The summed E-state index contributed by atoms with van der Waals surface area (Å²) in [5.74, 6) is 0.523. The molecule has 0 aliphatic heterocycles. The van der Waals surface area contributed by atoms with Crippen LogP contribution >= 0.6 is 15.9 Å². The Balaban J connectivity index is 2.47. The lowest BCUT2D eigenvalue weighted by molar-refractivity contribution is 0.763. The van der Waals surface area contributed by atoms with Crippen molar-refractivity contribution in [2.24, 2.45) is 0 Å². The van der Waals surface area contributed by atoms with Crippen molar-refractivity contribution in [3.05, 3.63) is 42.1 Å². The average molecular weight is 264 g/mol. The van der Waals surface area contributed by atoms with E-state index in [0.29, 0.717) is 10.7 Å². The lowest BCUT2D eigenvalue weighted by atomic mass is 9.97. The van der Waals surface area contributed by atoms with Crippen LogP contribution in [-0.2, 0) is 0 Å². The van der Waals surface area contributed by atoms with Crippen molar-refractivity contribution in [1.29, 1.82) is 0 Å². The van der Waals surface area contributed by atoms with Crippen LogP contribution in [0.1, 0.15) is 25.3 Å². The minimum absolute atomic E-state index is 0.492. The molecule has 2 unspecified atom stereocenters. The van der Waals surface area contributed by atoms with E-state index in [1.165, 1.54) is 10.9 Å². The number of aromatic nitrogens is 1. The highest BCUT2D eigenvalue weighted by Gasteiger charge is 2.11. The molecule has 2 atom stereocenters. The minimum atomic E-state index is 0.492. The topological polar surface area (TPSA) is 12.9 Å². The van der Waals surface area contributed by atoms with Crippen molar-refractivity contribution in [1.82, 2.24) is 4.98 Å². The molecule has 0 N–H and O–H groups in total. The number of fused-ring (bicyclic) bond motifs is 1. The Hall–Kier alpha value is -0.890. The van der Waals surface area contributed by atoms with Crippen LogP contribution in [0.3, 0.4) is 0 Å². The summed E-state index contributed by atoms with van der Waals surface area (Å²) in [5, 5.41) is 1.22. The van der Waals surface area contributed by atoms with Gasteiger partial charge in [0.25, 0.3) is 0 Å². The molecule has 1 heterocycles. The first-order valence-electron chi connectivity index (χ1n) is 5.17. The van der Waals surface area contributed by atoms with Crippen molar-refractivity contribution in [3.63, 3.8) is 0 Å². The third kappa shape index (κ3) is 2.20. The average Bonchev–Trinajstić information content (AvgIpc) is 2.27. The van der Waals surface area contributed by atoms with E-state index in [4.69, 9.17) is 0 Å². The van der Waals surface area contributed by atoms with Crippen LogP contribution in [0.4, 0.5) is 0 Å². The largest absolute Gasteiger partial charge is 0.256 e. The molecule has 2 heteroatoms. The highest BCUT2D eigenvalue weighted by Crippen LogP contribution is 2.26. The van der Waals surface area contributed by atoms with Gasteiger partial charge in [-0.2, -0.15) is 0 Å². The zero-order chi connectivity index (χ0) is 10.8. The van der Waals surface area contributed by atoms with Gasteiger partial charge in [0, 0.05) is 16.4 Å². The number of pyridine rings is 1. The molecule has 0 bridgehead atoms. The molecule has 1 aromatic carbocycles. The molecule has 15 heavy (non-hydrogen) atoms. The monoisotopic (exact) mass is 263 g/mol. The molecule has 2 aromatic rings. The Bertz CT molecular complexity index is 465. The molecule has 0 aliphatic rings. The maximum atomic E-state index is 4.31. The van der Waals surface area contributed by atoms with Gasteiger partial charge in [-0.1, -0.05) is 41.9 Å². The minimum Gasteiger partial charge on any atom is -0.256 e. The van der Waals surface area contributed by atoms with Gasteiger partial charge in [0.05, 0.1) is 5.52 Å². The molecule has 1 aromatic heterocycles. The zero-order valence-electron chi connectivity index (χ0n) is 8.94. The van der Waals surface area contributed by atoms with Gasteiger partial charge >= 0.3 is 0 Å². The van der Waals surface area contributed by atoms with Gasteiger partial charge in [-0.3, -0.25) is 4.98 Å². The number of hydrogen-bond acceptors (Lipinski definition) is 1. The van der Waals surface area contributed by atoms with Crippen LogP contribution in [0.2, 0.25) is 0 Å². The number of benzene rings is 1. The maximum Gasteiger partial charge on any atom is 0.0702 e. The Morgan fingerprint density at radius 2 is 2.00 bits per heavy atom. The fourth-order valence-corrected chi connectivity index (χ4v) is 1.95. The number of hydrogen-bond donors (Lipinski definition) is 0. The van der Waals surface area contributed by atoms with E-state index in [-0.39, 0.29) is 0 Å². The van der Waals surface area contributed by atoms with E-state index < -0.39 is 0 Å². The van der Waals surface area contributed by atoms with Crippen molar-refractivity contribution in [2.75, 3.05) is 0 Å². The van der Waals surface area contributed by atoms with Crippen LogP contribution < -0.4 is 0 Å². The van der Waals surface area contributed by atoms with Gasteiger partial charge in [-0.25, -0.2) is 0 Å². The first-order valence-corrected chi connectivity index (χ1v) is 6.09. The van der Waals surface area contributed by atoms with Crippen LogP contribution in [0, 0.1) is 0 Å². The summed E-state index contributed by atoms with van der Waals surface area (Å²) >= 11 is 3.62. The Morgan fingerprint density at radius 3 is 2.73 bits per heavy atom. The summed E-state index contributed by atoms with van der Waals surface area (Å²) in [7, 11) is 0. The van der Waals surface area contributed by atoms with E-state index in [0.717, 1.165) is 5.52 Å². The second kappa shape index (κ2) is 4.31. The van der Waals surface area contributed by atoms with Crippen molar-refractivity contribution >= 4 is 26.8 Å². The number of alkyl halides is 1. The van der Waals surface area contributed by atoms with Crippen molar-refractivity contribution in [3.8, 4) is 0 Å². The predicted molar refractivity (Wildman–Crippen MR) is 68.5 cm³/mol. The summed E-state index contributed by atoms with van der Waals surface area (Å²) in [6, 6.07) is 10.6. The summed E-state index contributed by atoms with van der Waals surface area (Å²) in [6.45, 7) is 4.41. The molecule has 2 rings (SSSR count). The highest BCUT2D eigenvalue weighted by atomic mass is 79.9. The number of nitrogens with zero attached hydrogens (tertiary/aromatic N) is 1. The van der Waals surface area contributed by atoms with Gasteiger partial charge in [0.1, 0.15) is 0 Å². The molecular weight excluding hydrogens is 250 g/mol. The molecule has 0 saturated heterocycles. The second-order valence-electron chi connectivity index (χ2n) is 3.92. The van der Waals surface area contributed by atoms with E-state index in [1.807, 2.05) is 12.3 Å². The zero-order valence-corrected chi connectivity index (χ0v) is 10.5. The highest BCUT2D eigenvalue weighted by molar-refractivity contribution is 9.09. The summed E-state index contributed by atoms with van der Waals surface area (Å²) in [6.07, 6.45) is 1.83. The molecule has 0 aliphatic carbocycles. The maximum absolute atomic E-state index is 4.31. The molecule has 78 valence electrons. The smallest absolute Gasteiger partial charge is 0.0702 e. The van der Waals surface area contributed by atoms with Gasteiger partial charge in [0.2, 0.25) is 0 Å². The third-order valence-corrected chi connectivity index (χ3v) is 3.63.